The highest BCUT2D eigenvalue weighted by molar-refractivity contribution is 7.18. The molecule has 7 heteroatoms. The molecule has 1 saturated heterocycles. The molecule has 2 aliphatic rings. The molecule has 0 radical (unpaired) electrons. The van der Waals surface area contributed by atoms with Gasteiger partial charge in [0.25, 0.3) is 5.56 Å². The van der Waals surface area contributed by atoms with Gasteiger partial charge in [0.15, 0.2) is 0 Å². The van der Waals surface area contributed by atoms with Gasteiger partial charge in [-0.25, -0.2) is 4.98 Å². The first-order chi connectivity index (χ1) is 15.1. The van der Waals surface area contributed by atoms with E-state index in [2.05, 4.69) is 41.1 Å². The van der Waals surface area contributed by atoms with E-state index in [0.29, 0.717) is 13.0 Å². The van der Waals surface area contributed by atoms with Crippen LogP contribution in [-0.4, -0.2) is 46.5 Å². The Kier molecular flexibility index (Phi) is 5.52. The van der Waals surface area contributed by atoms with Gasteiger partial charge in [0, 0.05) is 49.7 Å². The second-order valence-electron chi connectivity index (χ2n) is 8.59. The predicted octanol–water partition coefficient (Wildman–Crippen LogP) is 3.38. The van der Waals surface area contributed by atoms with E-state index in [1.165, 1.54) is 28.1 Å². The molecule has 3 heterocycles. The minimum absolute atomic E-state index is 0.0152. The summed E-state index contributed by atoms with van der Waals surface area (Å²) in [5.41, 5.74) is 3.69. The highest BCUT2D eigenvalue weighted by Crippen LogP contribution is 2.33. The number of aromatic nitrogens is 2. The molecule has 0 atom stereocenters. The van der Waals surface area contributed by atoms with Gasteiger partial charge >= 0.3 is 0 Å². The van der Waals surface area contributed by atoms with Crippen LogP contribution in [0.3, 0.4) is 0 Å². The van der Waals surface area contributed by atoms with Crippen LogP contribution in [0.2, 0.25) is 0 Å². The van der Waals surface area contributed by atoms with Crippen LogP contribution in [0.5, 0.6) is 0 Å². The number of hydrogen-bond donors (Lipinski definition) is 0. The number of nitrogens with zero attached hydrogens (tertiary/aromatic N) is 4. The van der Waals surface area contributed by atoms with Crippen molar-refractivity contribution in [3.05, 3.63) is 57.0 Å². The summed E-state index contributed by atoms with van der Waals surface area (Å²) >= 11 is 1.66. The third-order valence-electron chi connectivity index (χ3n) is 6.51. The summed E-state index contributed by atoms with van der Waals surface area (Å²) in [6.07, 6.45) is 6.32. The Morgan fingerprint density at radius 3 is 2.74 bits per heavy atom. The predicted molar refractivity (Wildman–Crippen MR) is 125 cm³/mol. The van der Waals surface area contributed by atoms with E-state index in [1.807, 2.05) is 4.90 Å². The van der Waals surface area contributed by atoms with Crippen molar-refractivity contribution in [2.24, 2.45) is 0 Å². The molecule has 0 spiro atoms. The molecule has 1 aromatic carbocycles. The zero-order valence-corrected chi connectivity index (χ0v) is 18.8. The first-order valence-corrected chi connectivity index (χ1v) is 12.0. The first-order valence-electron chi connectivity index (χ1n) is 11.2. The molecule has 162 valence electrons. The average molecular weight is 437 g/mol. The van der Waals surface area contributed by atoms with Gasteiger partial charge in [-0.05, 0) is 55.9 Å². The highest BCUT2D eigenvalue weighted by Gasteiger charge is 2.23. The van der Waals surface area contributed by atoms with Crippen molar-refractivity contribution in [1.82, 2.24) is 14.5 Å². The lowest BCUT2D eigenvalue weighted by Gasteiger charge is -2.36. The van der Waals surface area contributed by atoms with Gasteiger partial charge in [-0.3, -0.25) is 14.2 Å². The van der Waals surface area contributed by atoms with Crippen molar-refractivity contribution in [2.75, 3.05) is 31.1 Å². The van der Waals surface area contributed by atoms with Crippen LogP contribution in [-0.2, 0) is 24.2 Å². The molecule has 5 rings (SSSR count). The summed E-state index contributed by atoms with van der Waals surface area (Å²) < 4.78 is 1.63. The molecular formula is C24H28N4O2S. The van der Waals surface area contributed by atoms with Gasteiger partial charge in [0.2, 0.25) is 5.91 Å². The summed E-state index contributed by atoms with van der Waals surface area (Å²) in [7, 11) is 0. The van der Waals surface area contributed by atoms with E-state index in [9.17, 15) is 9.59 Å². The molecular weight excluding hydrogens is 408 g/mol. The van der Waals surface area contributed by atoms with Crippen molar-refractivity contribution in [3.63, 3.8) is 0 Å². The summed E-state index contributed by atoms with van der Waals surface area (Å²) in [5.74, 6) is 0.114. The van der Waals surface area contributed by atoms with Crippen molar-refractivity contribution in [3.8, 4) is 0 Å². The molecule has 0 unspecified atom stereocenters. The van der Waals surface area contributed by atoms with E-state index in [4.69, 9.17) is 0 Å². The van der Waals surface area contributed by atoms with Crippen LogP contribution in [0, 0.1) is 6.92 Å². The maximum absolute atomic E-state index is 13.1. The Labute approximate surface area is 186 Å². The SMILES string of the molecule is Cc1cccc(N2CCN(C(=O)CCn3cnc4sc5c(c4c3=O)CCCC5)CC2)c1. The maximum atomic E-state index is 13.1. The van der Waals surface area contributed by atoms with Crippen LogP contribution < -0.4 is 10.5 Å². The fraction of sp³-hybridized carbons (Fsp3) is 0.458. The van der Waals surface area contributed by atoms with Gasteiger partial charge in [0.1, 0.15) is 4.83 Å². The molecule has 1 aliphatic heterocycles. The molecule has 6 nitrogen and oxygen atoms in total. The van der Waals surface area contributed by atoms with Crippen LogP contribution in [0.1, 0.15) is 35.3 Å². The van der Waals surface area contributed by atoms with E-state index in [-0.39, 0.29) is 11.5 Å². The maximum Gasteiger partial charge on any atom is 0.262 e. The van der Waals surface area contributed by atoms with Crippen molar-refractivity contribution in [2.45, 2.75) is 45.6 Å². The van der Waals surface area contributed by atoms with Gasteiger partial charge in [-0.2, -0.15) is 0 Å². The standard InChI is InChI=1S/C24H28N4O2S/c1-17-5-4-6-18(15-17)26-11-13-27(14-12-26)21(29)9-10-28-16-25-23-22(24(28)30)19-7-2-3-8-20(19)31-23/h4-6,15-16H,2-3,7-14H2,1H3. The summed E-state index contributed by atoms with van der Waals surface area (Å²) in [4.78, 5) is 36.9. The summed E-state index contributed by atoms with van der Waals surface area (Å²) in [6, 6.07) is 8.50. The first kappa shape index (κ1) is 20.2. The highest BCUT2D eigenvalue weighted by atomic mass is 32.1. The molecule has 3 aromatic rings. The molecule has 0 bridgehead atoms. The van der Waals surface area contributed by atoms with E-state index >= 15 is 0 Å². The average Bonchev–Trinajstić information content (AvgIpc) is 3.18. The van der Waals surface area contributed by atoms with E-state index in [0.717, 1.165) is 55.7 Å². The van der Waals surface area contributed by atoms with Crippen molar-refractivity contribution >= 4 is 33.1 Å². The zero-order valence-electron chi connectivity index (χ0n) is 18.0. The minimum Gasteiger partial charge on any atom is -0.368 e. The topological polar surface area (TPSA) is 58.4 Å². The lowest BCUT2D eigenvalue weighted by molar-refractivity contribution is -0.131. The minimum atomic E-state index is 0.0152. The van der Waals surface area contributed by atoms with Crippen LogP contribution in [0.25, 0.3) is 10.2 Å². The molecule has 0 saturated carbocycles. The van der Waals surface area contributed by atoms with Gasteiger partial charge in [-0.1, -0.05) is 12.1 Å². The Morgan fingerprint density at radius 2 is 1.94 bits per heavy atom. The number of fused-ring (bicyclic) bond motifs is 3. The second-order valence-corrected chi connectivity index (χ2v) is 9.67. The number of thiophene rings is 1. The third-order valence-corrected chi connectivity index (χ3v) is 7.71. The number of benzene rings is 1. The Bertz CT molecular complexity index is 1170. The van der Waals surface area contributed by atoms with Gasteiger partial charge in [0.05, 0.1) is 11.7 Å². The van der Waals surface area contributed by atoms with Gasteiger partial charge < -0.3 is 9.80 Å². The van der Waals surface area contributed by atoms with Crippen LogP contribution >= 0.6 is 11.3 Å². The number of anilines is 1. The Hall–Kier alpha value is -2.67. The zero-order chi connectivity index (χ0) is 21.4. The van der Waals surface area contributed by atoms with Crippen LogP contribution in [0.15, 0.2) is 35.4 Å². The molecule has 2 aromatic heterocycles. The Morgan fingerprint density at radius 1 is 1.13 bits per heavy atom. The number of amides is 1. The number of carbonyl (C=O) groups excluding carboxylic acids is 1. The number of rotatable bonds is 4. The number of piperazine rings is 1. The van der Waals surface area contributed by atoms with Gasteiger partial charge in [-0.15, -0.1) is 11.3 Å². The fourth-order valence-electron chi connectivity index (χ4n) is 4.75. The molecule has 0 N–H and O–H groups in total. The fourth-order valence-corrected chi connectivity index (χ4v) is 5.97. The number of hydrogen-bond acceptors (Lipinski definition) is 5. The number of aryl methyl sites for hydroxylation is 4. The summed E-state index contributed by atoms with van der Waals surface area (Å²) in [6.45, 7) is 5.61. The quantitative estimate of drug-likeness (QED) is 0.629. The Balaban J connectivity index is 1.22. The van der Waals surface area contributed by atoms with E-state index < -0.39 is 0 Å². The molecule has 1 amide bonds. The second kappa shape index (κ2) is 8.46. The molecule has 1 fully saturated rings. The largest absolute Gasteiger partial charge is 0.368 e. The third kappa shape index (κ3) is 3.99. The normalized spacial score (nSPS) is 16.5. The van der Waals surface area contributed by atoms with E-state index in [1.54, 1.807) is 22.2 Å². The lowest BCUT2D eigenvalue weighted by Crippen LogP contribution is -2.49. The number of carbonyl (C=O) groups is 1. The molecule has 1 aliphatic carbocycles. The monoisotopic (exact) mass is 436 g/mol. The van der Waals surface area contributed by atoms with Crippen LogP contribution in [0.4, 0.5) is 5.69 Å². The summed E-state index contributed by atoms with van der Waals surface area (Å²) in [5, 5.41) is 0.793. The lowest BCUT2D eigenvalue weighted by atomic mass is 9.97. The van der Waals surface area contributed by atoms with Crippen molar-refractivity contribution < 1.29 is 4.79 Å². The van der Waals surface area contributed by atoms with Crippen molar-refractivity contribution in [1.29, 1.82) is 0 Å². The smallest absolute Gasteiger partial charge is 0.262 e. The molecule has 31 heavy (non-hydrogen) atoms.